The molecule has 21 heavy (non-hydrogen) atoms. The van der Waals surface area contributed by atoms with Crippen LogP contribution < -0.4 is 5.32 Å². The molecule has 0 aliphatic carbocycles. The Kier molecular flexibility index (Phi) is 4.88. The minimum Gasteiger partial charge on any atom is -0.444 e. The molecule has 1 saturated heterocycles. The first-order valence-electron chi connectivity index (χ1n) is 7.16. The summed E-state index contributed by atoms with van der Waals surface area (Å²) in [6.45, 7) is 6.77. The van der Waals surface area contributed by atoms with E-state index >= 15 is 0 Å². The Morgan fingerprint density at radius 2 is 2.19 bits per heavy atom. The van der Waals surface area contributed by atoms with E-state index in [1.54, 1.807) is 4.90 Å². The lowest BCUT2D eigenvalue weighted by atomic mass is 10.1. The second-order valence-electron chi connectivity index (χ2n) is 6.25. The molecule has 0 bridgehead atoms. The fraction of sp³-hybridized carbons (Fsp3) is 0.600. The summed E-state index contributed by atoms with van der Waals surface area (Å²) < 4.78 is 5.26. The van der Waals surface area contributed by atoms with E-state index in [9.17, 15) is 9.59 Å². The zero-order chi connectivity index (χ0) is 15.5. The van der Waals surface area contributed by atoms with Gasteiger partial charge in [-0.2, -0.15) is 11.3 Å². The first-order valence-corrected chi connectivity index (χ1v) is 8.10. The van der Waals surface area contributed by atoms with Gasteiger partial charge < -0.3 is 15.0 Å². The van der Waals surface area contributed by atoms with E-state index < -0.39 is 11.7 Å². The number of alkyl carbamates (subject to hydrolysis) is 1. The van der Waals surface area contributed by atoms with Gasteiger partial charge in [-0.1, -0.05) is 0 Å². The van der Waals surface area contributed by atoms with Crippen molar-refractivity contribution in [1.82, 2.24) is 10.2 Å². The van der Waals surface area contributed by atoms with Crippen molar-refractivity contribution in [2.24, 2.45) is 0 Å². The molecule has 6 heteroatoms. The quantitative estimate of drug-likeness (QED) is 0.914. The van der Waals surface area contributed by atoms with Crippen LogP contribution in [-0.4, -0.2) is 41.6 Å². The van der Waals surface area contributed by atoms with Gasteiger partial charge in [0.2, 0.25) is 0 Å². The number of carbonyl (C=O) groups is 2. The lowest BCUT2D eigenvalue weighted by Gasteiger charge is -2.33. The number of carbonyl (C=O) groups excluding carboxylic acids is 2. The molecule has 0 radical (unpaired) electrons. The van der Waals surface area contributed by atoms with Crippen LogP contribution in [0.2, 0.25) is 0 Å². The van der Waals surface area contributed by atoms with E-state index in [4.69, 9.17) is 4.74 Å². The van der Waals surface area contributed by atoms with Crippen molar-refractivity contribution in [3.8, 4) is 0 Å². The Labute approximate surface area is 129 Å². The molecule has 1 atom stereocenters. The van der Waals surface area contributed by atoms with Crippen molar-refractivity contribution in [1.29, 1.82) is 0 Å². The van der Waals surface area contributed by atoms with Gasteiger partial charge in [-0.15, -0.1) is 0 Å². The number of amides is 2. The van der Waals surface area contributed by atoms with Crippen LogP contribution in [0.25, 0.3) is 0 Å². The fourth-order valence-corrected chi connectivity index (χ4v) is 2.95. The number of nitrogens with zero attached hydrogens (tertiary/aromatic N) is 1. The minimum absolute atomic E-state index is 0.0342. The van der Waals surface area contributed by atoms with Gasteiger partial charge in [0.25, 0.3) is 5.91 Å². The van der Waals surface area contributed by atoms with E-state index in [-0.39, 0.29) is 11.9 Å². The first-order chi connectivity index (χ1) is 9.85. The van der Waals surface area contributed by atoms with Crippen molar-refractivity contribution < 1.29 is 14.3 Å². The predicted octanol–water partition coefficient (Wildman–Crippen LogP) is 2.88. The summed E-state index contributed by atoms with van der Waals surface area (Å²) in [7, 11) is 0. The van der Waals surface area contributed by atoms with Crippen molar-refractivity contribution in [2.45, 2.75) is 45.3 Å². The molecular formula is C15H22N2O3S. The maximum absolute atomic E-state index is 12.3. The summed E-state index contributed by atoms with van der Waals surface area (Å²) in [5.41, 5.74) is 0.211. The van der Waals surface area contributed by atoms with Gasteiger partial charge >= 0.3 is 6.09 Å². The smallest absolute Gasteiger partial charge is 0.407 e. The number of piperidine rings is 1. The normalized spacial score (nSPS) is 19.2. The van der Waals surface area contributed by atoms with Gasteiger partial charge in [-0.3, -0.25) is 4.79 Å². The van der Waals surface area contributed by atoms with E-state index in [1.165, 1.54) is 11.3 Å². The zero-order valence-corrected chi connectivity index (χ0v) is 13.5. The molecule has 1 unspecified atom stereocenters. The molecule has 5 nitrogen and oxygen atoms in total. The summed E-state index contributed by atoms with van der Waals surface area (Å²) >= 11 is 1.51. The Hall–Kier alpha value is -1.56. The van der Waals surface area contributed by atoms with E-state index in [0.717, 1.165) is 24.9 Å². The molecule has 0 spiro atoms. The number of hydrogen-bond acceptors (Lipinski definition) is 4. The van der Waals surface area contributed by atoms with Crippen LogP contribution in [0.3, 0.4) is 0 Å². The molecule has 1 aliphatic heterocycles. The highest BCUT2D eigenvalue weighted by Gasteiger charge is 2.27. The number of likely N-dealkylation sites (tertiary alicyclic amines) is 1. The molecule has 2 heterocycles. The van der Waals surface area contributed by atoms with Gasteiger partial charge in [-0.25, -0.2) is 4.79 Å². The Morgan fingerprint density at radius 3 is 2.81 bits per heavy atom. The lowest BCUT2D eigenvalue weighted by Crippen LogP contribution is -2.50. The highest BCUT2D eigenvalue weighted by Crippen LogP contribution is 2.16. The Balaban J connectivity index is 1.89. The molecule has 2 amide bonds. The molecule has 1 aromatic rings. The average Bonchev–Trinajstić information content (AvgIpc) is 2.89. The second kappa shape index (κ2) is 6.47. The number of nitrogens with one attached hydrogen (secondary N) is 1. The molecule has 2 rings (SSSR count). The third kappa shape index (κ3) is 4.74. The van der Waals surface area contributed by atoms with Gasteiger partial charge in [0.05, 0.1) is 5.56 Å². The highest BCUT2D eigenvalue weighted by molar-refractivity contribution is 7.08. The molecular weight excluding hydrogens is 288 g/mol. The maximum atomic E-state index is 12.3. The van der Waals surface area contributed by atoms with Crippen LogP contribution in [0.1, 0.15) is 44.0 Å². The van der Waals surface area contributed by atoms with Crippen molar-refractivity contribution in [3.63, 3.8) is 0 Å². The number of ether oxygens (including phenoxy) is 1. The molecule has 1 aromatic heterocycles. The van der Waals surface area contributed by atoms with Crippen LogP contribution in [0.5, 0.6) is 0 Å². The second-order valence-corrected chi connectivity index (χ2v) is 7.03. The SMILES string of the molecule is CC(C)(C)OC(=O)NC1CCCN(C(=O)c2ccsc2)C1. The van der Waals surface area contributed by atoms with Crippen molar-refractivity contribution >= 4 is 23.3 Å². The fourth-order valence-electron chi connectivity index (χ4n) is 2.32. The van der Waals surface area contributed by atoms with Crippen LogP contribution in [0.15, 0.2) is 16.8 Å². The van der Waals surface area contributed by atoms with E-state index in [2.05, 4.69) is 5.32 Å². The summed E-state index contributed by atoms with van der Waals surface area (Å²) in [5.74, 6) is 0.0342. The predicted molar refractivity (Wildman–Crippen MR) is 82.6 cm³/mol. The third-order valence-corrected chi connectivity index (χ3v) is 3.88. The number of rotatable bonds is 2. The Bertz CT molecular complexity index is 494. The molecule has 1 fully saturated rings. The summed E-state index contributed by atoms with van der Waals surface area (Å²) in [4.78, 5) is 25.9. The number of thiophene rings is 1. The van der Waals surface area contributed by atoms with Crippen LogP contribution in [-0.2, 0) is 4.74 Å². The summed E-state index contributed by atoms with van der Waals surface area (Å²) in [5, 5.41) is 6.60. The topological polar surface area (TPSA) is 58.6 Å². The average molecular weight is 310 g/mol. The monoisotopic (exact) mass is 310 g/mol. The third-order valence-electron chi connectivity index (χ3n) is 3.20. The van der Waals surface area contributed by atoms with Crippen LogP contribution in [0, 0.1) is 0 Å². The van der Waals surface area contributed by atoms with Crippen molar-refractivity contribution in [3.05, 3.63) is 22.4 Å². The minimum atomic E-state index is -0.509. The molecule has 1 N–H and O–H groups in total. The largest absolute Gasteiger partial charge is 0.444 e. The molecule has 0 saturated carbocycles. The molecule has 116 valence electrons. The number of hydrogen-bond donors (Lipinski definition) is 1. The standard InChI is InChI=1S/C15H22N2O3S/c1-15(2,3)20-14(19)16-12-5-4-7-17(9-12)13(18)11-6-8-21-10-11/h6,8,10,12H,4-5,7,9H2,1-3H3,(H,16,19). The van der Waals surface area contributed by atoms with Gasteiger partial charge in [0, 0.05) is 24.5 Å². The Morgan fingerprint density at radius 1 is 1.43 bits per heavy atom. The summed E-state index contributed by atoms with van der Waals surface area (Å²) in [6, 6.07) is 1.79. The summed E-state index contributed by atoms with van der Waals surface area (Å²) in [6.07, 6.45) is 1.33. The first kappa shape index (κ1) is 15.8. The van der Waals surface area contributed by atoms with Gasteiger partial charge in [0.15, 0.2) is 0 Å². The van der Waals surface area contributed by atoms with Crippen molar-refractivity contribution in [2.75, 3.05) is 13.1 Å². The zero-order valence-electron chi connectivity index (χ0n) is 12.7. The van der Waals surface area contributed by atoms with E-state index in [1.807, 2.05) is 37.6 Å². The van der Waals surface area contributed by atoms with Gasteiger partial charge in [0.1, 0.15) is 5.60 Å². The molecule has 1 aliphatic rings. The van der Waals surface area contributed by atoms with Gasteiger partial charge in [-0.05, 0) is 45.1 Å². The van der Waals surface area contributed by atoms with E-state index in [0.29, 0.717) is 6.54 Å². The molecule has 0 aromatic carbocycles. The van der Waals surface area contributed by atoms with Crippen LogP contribution in [0.4, 0.5) is 4.79 Å². The highest BCUT2D eigenvalue weighted by atomic mass is 32.1. The maximum Gasteiger partial charge on any atom is 0.407 e. The lowest BCUT2D eigenvalue weighted by molar-refractivity contribution is 0.0452. The van der Waals surface area contributed by atoms with Crippen LogP contribution >= 0.6 is 11.3 Å².